The van der Waals surface area contributed by atoms with E-state index in [1.165, 1.54) is 6.07 Å². The fourth-order valence-electron chi connectivity index (χ4n) is 2.69. The fraction of sp³-hybridized carbons (Fsp3) is 0.538. The minimum Gasteiger partial charge on any atom is -0.496 e. The third kappa shape index (κ3) is 1.69. The molecule has 1 aliphatic rings. The van der Waals surface area contributed by atoms with E-state index in [4.69, 9.17) is 10.5 Å². The summed E-state index contributed by atoms with van der Waals surface area (Å²) in [5, 5.41) is 0. The lowest BCUT2D eigenvalue weighted by atomic mass is 9.62. The molecule has 1 fully saturated rings. The van der Waals surface area contributed by atoms with Crippen molar-refractivity contribution in [3.8, 4) is 5.75 Å². The Labute approximate surface area is 95.6 Å². The molecule has 1 aromatic rings. The van der Waals surface area contributed by atoms with Gasteiger partial charge in [-0.25, -0.2) is 4.39 Å². The molecular formula is C13H18FNO. The highest BCUT2D eigenvalue weighted by molar-refractivity contribution is 5.42. The minimum atomic E-state index is -0.160. The van der Waals surface area contributed by atoms with Gasteiger partial charge in [-0.1, -0.05) is 12.5 Å². The van der Waals surface area contributed by atoms with Gasteiger partial charge in [-0.15, -0.1) is 0 Å². The summed E-state index contributed by atoms with van der Waals surface area (Å²) >= 11 is 0. The van der Waals surface area contributed by atoms with E-state index >= 15 is 0 Å². The molecule has 1 aliphatic carbocycles. The van der Waals surface area contributed by atoms with Crippen LogP contribution in [0.2, 0.25) is 0 Å². The van der Waals surface area contributed by atoms with Crippen LogP contribution in [0.15, 0.2) is 18.2 Å². The van der Waals surface area contributed by atoms with Crippen molar-refractivity contribution < 1.29 is 9.13 Å². The van der Waals surface area contributed by atoms with Crippen LogP contribution < -0.4 is 10.5 Å². The molecule has 0 bridgehead atoms. The zero-order chi connectivity index (χ0) is 11.6. The summed E-state index contributed by atoms with van der Waals surface area (Å²) in [4.78, 5) is 0. The van der Waals surface area contributed by atoms with Crippen LogP contribution in [0.25, 0.3) is 0 Å². The van der Waals surface area contributed by atoms with E-state index < -0.39 is 0 Å². The smallest absolute Gasteiger partial charge is 0.130 e. The van der Waals surface area contributed by atoms with Crippen molar-refractivity contribution in [2.75, 3.05) is 13.7 Å². The Morgan fingerprint density at radius 1 is 1.44 bits per heavy atom. The maximum atomic E-state index is 14.0. The summed E-state index contributed by atoms with van der Waals surface area (Å²) in [6.45, 7) is 0.595. The van der Waals surface area contributed by atoms with Crippen molar-refractivity contribution in [1.29, 1.82) is 0 Å². The molecule has 1 saturated carbocycles. The summed E-state index contributed by atoms with van der Waals surface area (Å²) in [5.41, 5.74) is 6.29. The van der Waals surface area contributed by atoms with Crippen LogP contribution in [0.4, 0.5) is 4.39 Å². The highest BCUT2D eigenvalue weighted by Crippen LogP contribution is 2.50. The van der Waals surface area contributed by atoms with Gasteiger partial charge in [0.1, 0.15) is 11.6 Å². The predicted octanol–water partition coefficient (Wildman–Crippen LogP) is 2.60. The van der Waals surface area contributed by atoms with E-state index in [1.807, 2.05) is 6.07 Å². The van der Waals surface area contributed by atoms with E-state index in [2.05, 4.69) is 0 Å². The van der Waals surface area contributed by atoms with Gasteiger partial charge in [0.05, 0.1) is 7.11 Å². The Morgan fingerprint density at radius 2 is 2.19 bits per heavy atom. The third-order valence-corrected chi connectivity index (χ3v) is 3.66. The van der Waals surface area contributed by atoms with Crippen LogP contribution in [0.1, 0.15) is 31.2 Å². The second-order valence-electron chi connectivity index (χ2n) is 4.49. The number of ether oxygens (including phenoxy) is 1. The molecule has 0 saturated heterocycles. The molecule has 16 heavy (non-hydrogen) atoms. The summed E-state index contributed by atoms with van der Waals surface area (Å²) in [6, 6.07) is 5.02. The van der Waals surface area contributed by atoms with Gasteiger partial charge >= 0.3 is 0 Å². The molecule has 0 radical (unpaired) electrons. The quantitative estimate of drug-likeness (QED) is 0.851. The van der Waals surface area contributed by atoms with Crippen LogP contribution in [-0.4, -0.2) is 13.7 Å². The lowest BCUT2D eigenvalue weighted by molar-refractivity contribution is 0.213. The van der Waals surface area contributed by atoms with Gasteiger partial charge in [0.15, 0.2) is 0 Å². The molecule has 0 unspecified atom stereocenters. The molecular weight excluding hydrogens is 205 g/mol. The lowest BCUT2D eigenvalue weighted by Crippen LogP contribution is -2.37. The van der Waals surface area contributed by atoms with E-state index in [9.17, 15) is 4.39 Å². The molecule has 0 aromatic heterocycles. The standard InChI is InChI=1S/C13H18FNO/c1-16-11-5-2-4-10(14)12(11)13(8-9-15)6-3-7-13/h2,4-5H,3,6-9,15H2,1H3. The van der Waals surface area contributed by atoms with E-state index in [1.54, 1.807) is 13.2 Å². The topological polar surface area (TPSA) is 35.2 Å². The average Bonchev–Trinajstić information content (AvgIpc) is 2.24. The van der Waals surface area contributed by atoms with Crippen molar-refractivity contribution >= 4 is 0 Å². The fourth-order valence-corrected chi connectivity index (χ4v) is 2.69. The molecule has 2 N–H and O–H groups in total. The van der Waals surface area contributed by atoms with E-state index in [0.29, 0.717) is 12.3 Å². The molecule has 0 heterocycles. The molecule has 0 amide bonds. The van der Waals surface area contributed by atoms with Gasteiger partial charge in [-0.05, 0) is 37.9 Å². The lowest BCUT2D eigenvalue weighted by Gasteiger charge is -2.43. The van der Waals surface area contributed by atoms with Crippen molar-refractivity contribution in [2.24, 2.45) is 5.73 Å². The van der Waals surface area contributed by atoms with E-state index in [-0.39, 0.29) is 11.2 Å². The first-order chi connectivity index (χ1) is 7.73. The zero-order valence-electron chi connectivity index (χ0n) is 9.63. The molecule has 0 aliphatic heterocycles. The van der Waals surface area contributed by atoms with Gasteiger partial charge in [-0.3, -0.25) is 0 Å². The maximum Gasteiger partial charge on any atom is 0.130 e. The van der Waals surface area contributed by atoms with Gasteiger partial charge in [0, 0.05) is 11.0 Å². The van der Waals surface area contributed by atoms with Crippen LogP contribution in [0.3, 0.4) is 0 Å². The normalized spacial score (nSPS) is 17.9. The Morgan fingerprint density at radius 3 is 2.69 bits per heavy atom. The summed E-state index contributed by atoms with van der Waals surface area (Å²) in [6.07, 6.45) is 4.02. The van der Waals surface area contributed by atoms with Crippen LogP contribution in [0.5, 0.6) is 5.75 Å². The predicted molar refractivity (Wildman–Crippen MR) is 62.2 cm³/mol. The Balaban J connectivity index is 2.44. The number of rotatable bonds is 4. The number of hydrogen-bond donors (Lipinski definition) is 1. The molecule has 2 rings (SSSR count). The molecule has 0 spiro atoms. The minimum absolute atomic E-state index is 0.0779. The second-order valence-corrected chi connectivity index (χ2v) is 4.49. The number of benzene rings is 1. The van der Waals surface area contributed by atoms with Crippen molar-refractivity contribution in [3.05, 3.63) is 29.6 Å². The monoisotopic (exact) mass is 223 g/mol. The zero-order valence-corrected chi connectivity index (χ0v) is 9.63. The Hall–Kier alpha value is -1.09. The second kappa shape index (κ2) is 4.42. The first kappa shape index (κ1) is 11.4. The van der Waals surface area contributed by atoms with Crippen molar-refractivity contribution in [1.82, 2.24) is 0 Å². The SMILES string of the molecule is COc1cccc(F)c1C1(CCN)CCC1. The Kier molecular flexibility index (Phi) is 3.15. The number of halogens is 1. The number of nitrogens with two attached hydrogens (primary N) is 1. The van der Waals surface area contributed by atoms with Crippen molar-refractivity contribution in [3.63, 3.8) is 0 Å². The largest absolute Gasteiger partial charge is 0.496 e. The first-order valence-corrected chi connectivity index (χ1v) is 5.76. The van der Waals surface area contributed by atoms with Gasteiger partial charge in [-0.2, -0.15) is 0 Å². The molecule has 0 atom stereocenters. The number of hydrogen-bond acceptors (Lipinski definition) is 2. The highest BCUT2D eigenvalue weighted by atomic mass is 19.1. The van der Waals surface area contributed by atoms with Gasteiger partial charge < -0.3 is 10.5 Å². The molecule has 3 heteroatoms. The van der Waals surface area contributed by atoms with Crippen LogP contribution in [0, 0.1) is 5.82 Å². The van der Waals surface area contributed by atoms with Gasteiger partial charge in [0.2, 0.25) is 0 Å². The number of methoxy groups -OCH3 is 1. The molecule has 1 aromatic carbocycles. The van der Waals surface area contributed by atoms with Crippen LogP contribution in [-0.2, 0) is 5.41 Å². The average molecular weight is 223 g/mol. The summed E-state index contributed by atoms with van der Waals surface area (Å²) in [7, 11) is 1.59. The van der Waals surface area contributed by atoms with Gasteiger partial charge in [0.25, 0.3) is 0 Å². The molecule has 2 nitrogen and oxygen atoms in total. The summed E-state index contributed by atoms with van der Waals surface area (Å²) in [5.74, 6) is 0.501. The Bertz CT molecular complexity index is 374. The van der Waals surface area contributed by atoms with Crippen molar-refractivity contribution in [2.45, 2.75) is 31.1 Å². The molecule has 88 valence electrons. The highest BCUT2D eigenvalue weighted by Gasteiger charge is 2.41. The maximum absolute atomic E-state index is 14.0. The third-order valence-electron chi connectivity index (χ3n) is 3.66. The van der Waals surface area contributed by atoms with Crippen LogP contribution >= 0.6 is 0 Å². The first-order valence-electron chi connectivity index (χ1n) is 5.76. The summed E-state index contributed by atoms with van der Waals surface area (Å²) < 4.78 is 19.2. The van der Waals surface area contributed by atoms with E-state index in [0.717, 1.165) is 31.2 Å².